The molecule has 3 aromatic rings. The maximum Gasteiger partial charge on any atom is 0.261 e. The third kappa shape index (κ3) is 5.66. The second kappa shape index (κ2) is 11.4. The summed E-state index contributed by atoms with van der Waals surface area (Å²) in [5.74, 6) is 0.675. The Labute approximate surface area is 198 Å². The van der Waals surface area contributed by atoms with Crippen molar-refractivity contribution in [2.24, 2.45) is 0 Å². The molecular formula is C26H26N2O6. The van der Waals surface area contributed by atoms with Gasteiger partial charge < -0.3 is 29.6 Å². The van der Waals surface area contributed by atoms with Gasteiger partial charge in [-0.15, -0.1) is 0 Å². The number of amides is 2. The number of benzene rings is 3. The Bertz CT molecular complexity index is 1140. The Morgan fingerprint density at radius 1 is 0.647 bits per heavy atom. The van der Waals surface area contributed by atoms with Crippen LogP contribution in [-0.4, -0.2) is 40.3 Å². The van der Waals surface area contributed by atoms with Gasteiger partial charge in [0.1, 0.15) is 28.6 Å². The molecule has 0 aliphatic rings. The average molecular weight is 463 g/mol. The van der Waals surface area contributed by atoms with Gasteiger partial charge in [-0.2, -0.15) is 0 Å². The number of nitrogens with one attached hydrogen (secondary N) is 2. The van der Waals surface area contributed by atoms with Crippen molar-refractivity contribution >= 4 is 29.3 Å². The fraction of sp³-hybridized carbons (Fsp3) is 0.154. The Hall–Kier alpha value is -4.46. The zero-order valence-corrected chi connectivity index (χ0v) is 19.4. The Kier molecular flexibility index (Phi) is 8.12. The highest BCUT2D eigenvalue weighted by Crippen LogP contribution is 2.29. The van der Waals surface area contributed by atoms with E-state index in [1.54, 1.807) is 66.7 Å². The Morgan fingerprint density at radius 2 is 1.15 bits per heavy atom. The van der Waals surface area contributed by atoms with Crippen LogP contribution in [0, 0.1) is 0 Å². The first-order chi connectivity index (χ1) is 16.5. The highest BCUT2D eigenvalue weighted by Gasteiger charge is 2.22. The van der Waals surface area contributed by atoms with Gasteiger partial charge >= 0.3 is 0 Å². The molecule has 176 valence electrons. The van der Waals surface area contributed by atoms with Crippen LogP contribution in [0.5, 0.6) is 23.0 Å². The standard InChI is InChI=1S/C26H26N2O6/c1-31-18-14-13-17(24(16-18)34-4)15-19(25(29)27-20-9-5-7-11-22(20)32-2)26(30)28-21-10-6-8-12-23(21)33-3/h5-16H,1-4H3,(H,27,29)(H,28,30). The number of para-hydroxylation sites is 4. The van der Waals surface area contributed by atoms with E-state index in [4.69, 9.17) is 18.9 Å². The summed E-state index contributed by atoms with van der Waals surface area (Å²) in [6, 6.07) is 18.9. The lowest BCUT2D eigenvalue weighted by molar-refractivity contribution is -0.118. The number of hydrogen-bond acceptors (Lipinski definition) is 6. The molecule has 0 unspecified atom stereocenters. The smallest absolute Gasteiger partial charge is 0.261 e. The van der Waals surface area contributed by atoms with E-state index in [-0.39, 0.29) is 5.57 Å². The van der Waals surface area contributed by atoms with Crippen molar-refractivity contribution < 1.29 is 28.5 Å². The minimum Gasteiger partial charge on any atom is -0.497 e. The highest BCUT2D eigenvalue weighted by atomic mass is 16.5. The molecule has 0 aliphatic carbocycles. The average Bonchev–Trinajstić information content (AvgIpc) is 2.87. The van der Waals surface area contributed by atoms with E-state index >= 15 is 0 Å². The predicted octanol–water partition coefficient (Wildman–Crippen LogP) is 4.38. The summed E-state index contributed by atoms with van der Waals surface area (Å²) >= 11 is 0. The highest BCUT2D eigenvalue weighted by molar-refractivity contribution is 6.29. The summed E-state index contributed by atoms with van der Waals surface area (Å²) in [7, 11) is 6.03. The normalized spacial score (nSPS) is 10.0. The lowest BCUT2D eigenvalue weighted by Crippen LogP contribution is -2.25. The Balaban J connectivity index is 2.03. The number of anilines is 2. The Morgan fingerprint density at radius 3 is 1.62 bits per heavy atom. The zero-order valence-electron chi connectivity index (χ0n) is 19.4. The predicted molar refractivity (Wildman–Crippen MR) is 131 cm³/mol. The molecule has 2 amide bonds. The molecule has 3 rings (SSSR count). The third-order valence-corrected chi connectivity index (χ3v) is 4.94. The summed E-state index contributed by atoms with van der Waals surface area (Å²) in [6.07, 6.45) is 1.45. The van der Waals surface area contributed by atoms with E-state index in [2.05, 4.69) is 10.6 Å². The molecule has 8 heteroatoms. The molecule has 0 bridgehead atoms. The van der Waals surface area contributed by atoms with Gasteiger partial charge in [0.15, 0.2) is 0 Å². The molecule has 0 aliphatic heterocycles. The largest absolute Gasteiger partial charge is 0.497 e. The van der Waals surface area contributed by atoms with E-state index in [9.17, 15) is 9.59 Å². The van der Waals surface area contributed by atoms with Crippen molar-refractivity contribution in [2.45, 2.75) is 0 Å². The van der Waals surface area contributed by atoms with E-state index in [0.29, 0.717) is 39.9 Å². The fourth-order valence-electron chi connectivity index (χ4n) is 3.20. The molecular weight excluding hydrogens is 436 g/mol. The molecule has 0 heterocycles. The van der Waals surface area contributed by atoms with E-state index in [1.807, 2.05) is 0 Å². The second-order valence-corrected chi connectivity index (χ2v) is 6.97. The molecule has 0 saturated heterocycles. The van der Waals surface area contributed by atoms with Crippen LogP contribution in [0.4, 0.5) is 11.4 Å². The maximum absolute atomic E-state index is 13.3. The number of hydrogen-bond donors (Lipinski definition) is 2. The van der Waals surface area contributed by atoms with Gasteiger partial charge in [0.05, 0.1) is 39.8 Å². The van der Waals surface area contributed by atoms with Gasteiger partial charge in [-0.05, 0) is 42.5 Å². The van der Waals surface area contributed by atoms with Gasteiger partial charge in [0.25, 0.3) is 11.8 Å². The lowest BCUT2D eigenvalue weighted by Gasteiger charge is -2.14. The molecule has 0 fully saturated rings. The number of methoxy groups -OCH3 is 4. The SMILES string of the molecule is COc1ccc(C=C(C(=O)Nc2ccccc2OC)C(=O)Nc2ccccc2OC)c(OC)c1. The number of carbonyl (C=O) groups excluding carboxylic acids is 2. The van der Waals surface area contributed by atoms with Crippen LogP contribution in [0.1, 0.15) is 5.56 Å². The molecule has 0 atom stereocenters. The van der Waals surface area contributed by atoms with Crippen molar-refractivity contribution in [3.05, 3.63) is 77.9 Å². The quantitative estimate of drug-likeness (QED) is 0.278. The van der Waals surface area contributed by atoms with Crippen LogP contribution in [-0.2, 0) is 9.59 Å². The van der Waals surface area contributed by atoms with Crippen LogP contribution >= 0.6 is 0 Å². The minimum atomic E-state index is -0.630. The van der Waals surface area contributed by atoms with Crippen molar-refractivity contribution in [3.8, 4) is 23.0 Å². The summed E-state index contributed by atoms with van der Waals surface area (Å²) in [5, 5.41) is 5.49. The van der Waals surface area contributed by atoms with Crippen LogP contribution in [0.15, 0.2) is 72.3 Å². The molecule has 0 radical (unpaired) electrons. The van der Waals surface area contributed by atoms with Crippen molar-refractivity contribution in [1.29, 1.82) is 0 Å². The number of ether oxygens (including phenoxy) is 4. The van der Waals surface area contributed by atoms with Gasteiger partial charge in [0, 0.05) is 11.6 Å². The maximum atomic E-state index is 13.3. The second-order valence-electron chi connectivity index (χ2n) is 6.97. The monoisotopic (exact) mass is 462 g/mol. The molecule has 3 aromatic carbocycles. The fourth-order valence-corrected chi connectivity index (χ4v) is 3.20. The summed E-state index contributed by atoms with van der Waals surface area (Å²) in [6.45, 7) is 0. The van der Waals surface area contributed by atoms with Crippen molar-refractivity contribution in [2.75, 3.05) is 39.1 Å². The lowest BCUT2D eigenvalue weighted by atomic mass is 10.1. The molecule has 8 nitrogen and oxygen atoms in total. The topological polar surface area (TPSA) is 95.1 Å². The molecule has 34 heavy (non-hydrogen) atoms. The summed E-state index contributed by atoms with van der Waals surface area (Å²) < 4.78 is 21.3. The van der Waals surface area contributed by atoms with Crippen LogP contribution < -0.4 is 29.6 Å². The summed E-state index contributed by atoms with van der Waals surface area (Å²) in [5.41, 5.74) is 1.21. The minimum absolute atomic E-state index is 0.153. The molecule has 2 N–H and O–H groups in total. The van der Waals surface area contributed by atoms with E-state index in [1.165, 1.54) is 34.5 Å². The first-order valence-corrected chi connectivity index (χ1v) is 10.3. The van der Waals surface area contributed by atoms with Gasteiger partial charge in [-0.1, -0.05) is 24.3 Å². The van der Waals surface area contributed by atoms with Crippen molar-refractivity contribution in [1.82, 2.24) is 0 Å². The van der Waals surface area contributed by atoms with Crippen LogP contribution in [0.25, 0.3) is 6.08 Å². The number of rotatable bonds is 9. The molecule has 0 saturated carbocycles. The van der Waals surface area contributed by atoms with Crippen molar-refractivity contribution in [3.63, 3.8) is 0 Å². The van der Waals surface area contributed by atoms with Crippen LogP contribution in [0.2, 0.25) is 0 Å². The number of carbonyl (C=O) groups is 2. The first-order valence-electron chi connectivity index (χ1n) is 10.3. The van der Waals surface area contributed by atoms with Gasteiger partial charge in [-0.25, -0.2) is 0 Å². The zero-order chi connectivity index (χ0) is 24.5. The van der Waals surface area contributed by atoms with Gasteiger partial charge in [-0.3, -0.25) is 9.59 Å². The van der Waals surface area contributed by atoms with E-state index in [0.717, 1.165) is 0 Å². The third-order valence-electron chi connectivity index (χ3n) is 4.94. The first kappa shape index (κ1) is 24.2. The summed E-state index contributed by atoms with van der Waals surface area (Å²) in [4.78, 5) is 26.6. The molecule has 0 aromatic heterocycles. The van der Waals surface area contributed by atoms with Crippen LogP contribution in [0.3, 0.4) is 0 Å². The van der Waals surface area contributed by atoms with E-state index < -0.39 is 11.8 Å². The molecule has 0 spiro atoms. The van der Waals surface area contributed by atoms with Gasteiger partial charge in [0.2, 0.25) is 0 Å².